The molecule has 7 heteroatoms. The summed E-state index contributed by atoms with van der Waals surface area (Å²) < 4.78 is 19.3. The molecule has 96 valence electrons. The lowest BCUT2D eigenvalue weighted by Crippen LogP contribution is -2.22. The van der Waals surface area contributed by atoms with Crippen molar-refractivity contribution in [2.75, 3.05) is 0 Å². The van der Waals surface area contributed by atoms with Crippen LogP contribution in [0.4, 0.5) is 4.39 Å². The molecule has 3 rings (SSSR count). The summed E-state index contributed by atoms with van der Waals surface area (Å²) >= 11 is 3.12. The van der Waals surface area contributed by atoms with Crippen molar-refractivity contribution in [3.8, 4) is 11.1 Å². The number of fused-ring (bicyclic) bond motifs is 1. The summed E-state index contributed by atoms with van der Waals surface area (Å²) in [6, 6.07) is 3.13. The van der Waals surface area contributed by atoms with Gasteiger partial charge in [-0.25, -0.2) is 9.18 Å². The van der Waals surface area contributed by atoms with Crippen LogP contribution in [0, 0.1) is 5.82 Å². The molecule has 0 saturated carbocycles. The first-order valence-electron chi connectivity index (χ1n) is 5.25. The Morgan fingerprint density at radius 1 is 1.26 bits per heavy atom. The van der Waals surface area contributed by atoms with Crippen LogP contribution < -0.4 is 11.2 Å². The summed E-state index contributed by atoms with van der Waals surface area (Å²) in [6.07, 6.45) is 2.88. The molecule has 5 nitrogen and oxygen atoms in total. The van der Waals surface area contributed by atoms with E-state index < -0.39 is 17.1 Å². The fraction of sp³-hybridized carbons (Fsp3) is 0. The summed E-state index contributed by atoms with van der Waals surface area (Å²) in [7, 11) is 0. The highest BCUT2D eigenvalue weighted by Gasteiger charge is 2.16. The Labute approximate surface area is 113 Å². The molecule has 0 amide bonds. The van der Waals surface area contributed by atoms with Crippen LogP contribution in [0.2, 0.25) is 0 Å². The van der Waals surface area contributed by atoms with Gasteiger partial charge >= 0.3 is 5.69 Å². The molecule has 2 N–H and O–H groups in total. The van der Waals surface area contributed by atoms with Gasteiger partial charge in [-0.3, -0.25) is 9.78 Å². The quantitative estimate of drug-likeness (QED) is 0.721. The monoisotopic (exact) mass is 324 g/mol. The highest BCUT2D eigenvalue weighted by atomic mass is 79.9. The predicted molar refractivity (Wildman–Crippen MR) is 70.5 cm³/mol. The van der Waals surface area contributed by atoms with Gasteiger partial charge in [-0.2, -0.15) is 0 Å². The van der Waals surface area contributed by atoms with Gasteiger partial charge in [-0.05, 0) is 28.1 Å². The van der Waals surface area contributed by atoms with Gasteiger partial charge in [0.05, 0.1) is 27.9 Å². The number of nitrogens with one attached hydrogen (secondary N) is 2. The molecule has 0 unspecified atom stereocenters. The largest absolute Gasteiger partial charge is 0.472 e. The number of furan rings is 1. The standard InChI is InChI=1S/C12H6BrFN2O3/c13-8-6(5-1-2-19-4-5)3-7-10(9(8)14)15-12(18)16-11(7)17/h1-4H,(H2,15,16,17,18). The first-order valence-corrected chi connectivity index (χ1v) is 6.04. The molecule has 0 spiro atoms. The SMILES string of the molecule is O=c1[nH]c(=O)c2cc(-c3ccoc3)c(Br)c(F)c2[nH]1. The Balaban J connectivity index is 2.49. The van der Waals surface area contributed by atoms with Crippen molar-refractivity contribution in [3.05, 3.63) is 55.8 Å². The summed E-state index contributed by atoms with van der Waals surface area (Å²) in [6.45, 7) is 0. The Kier molecular flexibility index (Phi) is 2.63. The van der Waals surface area contributed by atoms with Gasteiger partial charge in [-0.15, -0.1) is 0 Å². The highest BCUT2D eigenvalue weighted by Crippen LogP contribution is 2.33. The van der Waals surface area contributed by atoms with E-state index >= 15 is 0 Å². The van der Waals surface area contributed by atoms with Crippen molar-refractivity contribution in [1.82, 2.24) is 9.97 Å². The molecule has 19 heavy (non-hydrogen) atoms. The second kappa shape index (κ2) is 4.20. The van der Waals surface area contributed by atoms with Crippen molar-refractivity contribution < 1.29 is 8.81 Å². The maximum atomic E-state index is 14.2. The molecular formula is C12H6BrFN2O3. The maximum absolute atomic E-state index is 14.2. The van der Waals surface area contributed by atoms with E-state index in [0.29, 0.717) is 11.1 Å². The van der Waals surface area contributed by atoms with E-state index in [0.717, 1.165) is 0 Å². The van der Waals surface area contributed by atoms with E-state index in [2.05, 4.69) is 25.9 Å². The molecule has 0 radical (unpaired) electrons. The predicted octanol–water partition coefficient (Wildman–Crippen LogP) is 2.38. The van der Waals surface area contributed by atoms with Crippen LogP contribution in [0.15, 0.2) is 43.1 Å². The fourth-order valence-electron chi connectivity index (χ4n) is 1.87. The molecule has 0 aliphatic rings. The Hall–Kier alpha value is -2.15. The number of benzene rings is 1. The fourth-order valence-corrected chi connectivity index (χ4v) is 2.41. The Morgan fingerprint density at radius 3 is 2.74 bits per heavy atom. The van der Waals surface area contributed by atoms with Gasteiger partial charge in [0, 0.05) is 11.1 Å². The van der Waals surface area contributed by atoms with Gasteiger partial charge in [0.15, 0.2) is 5.82 Å². The maximum Gasteiger partial charge on any atom is 0.326 e. The number of hydrogen-bond donors (Lipinski definition) is 2. The van der Waals surface area contributed by atoms with Crippen LogP contribution >= 0.6 is 15.9 Å². The minimum Gasteiger partial charge on any atom is -0.472 e. The molecule has 0 fully saturated rings. The molecule has 0 aliphatic heterocycles. The van der Waals surface area contributed by atoms with Crippen LogP contribution in [0.3, 0.4) is 0 Å². The smallest absolute Gasteiger partial charge is 0.326 e. The highest BCUT2D eigenvalue weighted by molar-refractivity contribution is 9.10. The molecule has 3 aromatic rings. The first kappa shape index (κ1) is 11.9. The van der Waals surface area contributed by atoms with Crippen LogP contribution in [0.5, 0.6) is 0 Å². The second-order valence-corrected chi connectivity index (χ2v) is 4.69. The van der Waals surface area contributed by atoms with Crippen molar-refractivity contribution in [2.45, 2.75) is 0 Å². The molecule has 0 atom stereocenters. The van der Waals surface area contributed by atoms with Crippen molar-refractivity contribution in [1.29, 1.82) is 0 Å². The Bertz CT molecular complexity index is 880. The number of aromatic nitrogens is 2. The lowest BCUT2D eigenvalue weighted by molar-refractivity contribution is 0.568. The average molecular weight is 325 g/mol. The Morgan fingerprint density at radius 2 is 2.05 bits per heavy atom. The third kappa shape index (κ3) is 1.82. The number of hydrogen-bond acceptors (Lipinski definition) is 3. The van der Waals surface area contributed by atoms with Crippen LogP contribution in [0.1, 0.15) is 0 Å². The van der Waals surface area contributed by atoms with Gasteiger partial charge in [0.2, 0.25) is 0 Å². The van der Waals surface area contributed by atoms with Gasteiger partial charge in [-0.1, -0.05) is 0 Å². The topological polar surface area (TPSA) is 78.9 Å². The van der Waals surface area contributed by atoms with E-state index in [-0.39, 0.29) is 15.4 Å². The molecule has 0 saturated heterocycles. The lowest BCUT2D eigenvalue weighted by Gasteiger charge is -2.06. The van der Waals surface area contributed by atoms with E-state index in [9.17, 15) is 14.0 Å². The van der Waals surface area contributed by atoms with Crippen LogP contribution in [0.25, 0.3) is 22.0 Å². The zero-order chi connectivity index (χ0) is 13.6. The number of rotatable bonds is 1. The molecule has 0 aliphatic carbocycles. The van der Waals surface area contributed by atoms with Crippen molar-refractivity contribution in [3.63, 3.8) is 0 Å². The van der Waals surface area contributed by atoms with Crippen LogP contribution in [-0.2, 0) is 0 Å². The van der Waals surface area contributed by atoms with Gasteiger partial charge in [0.25, 0.3) is 5.56 Å². The van der Waals surface area contributed by atoms with Crippen molar-refractivity contribution >= 4 is 26.8 Å². The van der Waals surface area contributed by atoms with E-state index in [4.69, 9.17) is 4.42 Å². The minimum atomic E-state index is -0.751. The van der Waals surface area contributed by atoms with E-state index in [1.165, 1.54) is 18.6 Å². The zero-order valence-electron chi connectivity index (χ0n) is 9.29. The number of halogens is 2. The van der Waals surface area contributed by atoms with Gasteiger partial charge in [0.1, 0.15) is 0 Å². The van der Waals surface area contributed by atoms with Crippen molar-refractivity contribution in [2.24, 2.45) is 0 Å². The van der Waals surface area contributed by atoms with E-state index in [1.54, 1.807) is 6.07 Å². The van der Waals surface area contributed by atoms with Crippen LogP contribution in [-0.4, -0.2) is 9.97 Å². The molecule has 2 heterocycles. The first-order chi connectivity index (χ1) is 9.08. The average Bonchev–Trinajstić information content (AvgIpc) is 2.88. The molecular weight excluding hydrogens is 319 g/mol. The zero-order valence-corrected chi connectivity index (χ0v) is 10.9. The molecule has 0 bridgehead atoms. The molecule has 2 aromatic heterocycles. The summed E-state index contributed by atoms with van der Waals surface area (Å²) in [5.74, 6) is -0.697. The third-order valence-corrected chi connectivity index (χ3v) is 3.52. The number of aromatic amines is 2. The third-order valence-electron chi connectivity index (χ3n) is 2.75. The van der Waals surface area contributed by atoms with Gasteiger partial charge < -0.3 is 9.40 Å². The summed E-state index contributed by atoms with van der Waals surface area (Å²) in [5, 5.41) is 0.0662. The number of H-pyrrole nitrogens is 2. The lowest BCUT2D eigenvalue weighted by atomic mass is 10.1. The molecule has 1 aromatic carbocycles. The summed E-state index contributed by atoms with van der Waals surface area (Å²) in [4.78, 5) is 27.2. The normalized spacial score (nSPS) is 11.1. The summed E-state index contributed by atoms with van der Waals surface area (Å²) in [5.41, 5.74) is -0.434. The second-order valence-electron chi connectivity index (χ2n) is 3.89. The minimum absolute atomic E-state index is 0.0662. The van der Waals surface area contributed by atoms with E-state index in [1.807, 2.05) is 0 Å².